The molecule has 25 heavy (non-hydrogen) atoms. The van der Waals surface area contributed by atoms with Crippen molar-refractivity contribution >= 4 is 27.7 Å². The van der Waals surface area contributed by atoms with Crippen LogP contribution in [0.3, 0.4) is 0 Å². The molecule has 0 rings (SSSR count). The van der Waals surface area contributed by atoms with Gasteiger partial charge in [-0.1, -0.05) is 42.1 Å². The molecule has 0 saturated carbocycles. The predicted octanol–water partition coefficient (Wildman–Crippen LogP) is 1.63. The fourth-order valence-electron chi connectivity index (χ4n) is 1.92. The van der Waals surface area contributed by atoms with Crippen LogP contribution in [0.25, 0.3) is 0 Å². The lowest BCUT2D eigenvalue weighted by molar-refractivity contribution is -0.121. The van der Waals surface area contributed by atoms with Crippen LogP contribution >= 0.6 is 15.9 Å². The summed E-state index contributed by atoms with van der Waals surface area (Å²) in [4.78, 5) is 22.4. The highest BCUT2D eigenvalue weighted by atomic mass is 79.9. The predicted molar refractivity (Wildman–Crippen MR) is 101 cm³/mol. The van der Waals surface area contributed by atoms with Gasteiger partial charge in [0.05, 0.1) is 45.0 Å². The summed E-state index contributed by atoms with van der Waals surface area (Å²) in [6.07, 6.45) is 5.05. The van der Waals surface area contributed by atoms with Gasteiger partial charge < -0.3 is 24.8 Å². The molecule has 0 aliphatic rings. The Morgan fingerprint density at radius 3 is 1.80 bits per heavy atom. The van der Waals surface area contributed by atoms with Crippen LogP contribution in [-0.4, -0.2) is 69.9 Å². The van der Waals surface area contributed by atoms with Crippen molar-refractivity contribution in [2.24, 2.45) is 0 Å². The molecule has 0 aromatic carbocycles. The Bertz CT molecular complexity index is 332. The van der Waals surface area contributed by atoms with Crippen molar-refractivity contribution in [2.75, 3.05) is 58.1 Å². The van der Waals surface area contributed by atoms with E-state index in [1.165, 1.54) is 12.8 Å². The van der Waals surface area contributed by atoms with Gasteiger partial charge >= 0.3 is 0 Å². The Hall–Kier alpha value is -0.700. The van der Waals surface area contributed by atoms with Crippen LogP contribution in [0, 0.1) is 0 Å². The number of halogens is 1. The van der Waals surface area contributed by atoms with E-state index in [9.17, 15) is 9.59 Å². The van der Waals surface area contributed by atoms with Gasteiger partial charge in [-0.2, -0.15) is 0 Å². The largest absolute Gasteiger partial charge is 0.377 e. The Labute approximate surface area is 159 Å². The summed E-state index contributed by atoms with van der Waals surface area (Å²) in [6.45, 7) is 6.12. The van der Waals surface area contributed by atoms with Gasteiger partial charge in [-0.25, -0.2) is 0 Å². The second kappa shape index (κ2) is 19.6. The molecule has 148 valence electrons. The molecule has 2 N–H and O–H groups in total. The Balaban J connectivity index is 3.13. The number of carbonyl (C=O) groups is 2. The summed E-state index contributed by atoms with van der Waals surface area (Å²) in [5, 5.41) is 5.84. The van der Waals surface area contributed by atoms with Crippen LogP contribution in [0.5, 0.6) is 0 Å². The molecule has 0 fully saturated rings. The van der Waals surface area contributed by atoms with Crippen LogP contribution < -0.4 is 10.6 Å². The molecule has 0 saturated heterocycles. The first-order valence-electron chi connectivity index (χ1n) is 9.03. The van der Waals surface area contributed by atoms with Crippen LogP contribution in [-0.2, 0) is 23.8 Å². The first-order chi connectivity index (χ1) is 12.2. The standard InChI is InChI=1S/C17H33BrN2O5/c1-2-3-4-5-6-16(21)19-7-9-23-11-13-25-14-12-24-10-8-20-17(22)15-18/h2-15H2,1H3,(H,19,21)(H,20,22). The number of nitrogens with one attached hydrogen (secondary N) is 2. The van der Waals surface area contributed by atoms with Crippen LogP contribution in [0.4, 0.5) is 0 Å². The van der Waals surface area contributed by atoms with E-state index in [4.69, 9.17) is 14.2 Å². The third kappa shape index (κ3) is 19.5. The van der Waals surface area contributed by atoms with Gasteiger partial charge in [0, 0.05) is 19.5 Å². The normalized spacial score (nSPS) is 10.6. The van der Waals surface area contributed by atoms with Gasteiger partial charge in [-0.05, 0) is 6.42 Å². The lowest BCUT2D eigenvalue weighted by atomic mass is 10.1. The fourth-order valence-corrected chi connectivity index (χ4v) is 2.11. The lowest BCUT2D eigenvalue weighted by Gasteiger charge is -2.08. The molecule has 7 nitrogen and oxygen atoms in total. The van der Waals surface area contributed by atoms with Gasteiger partial charge in [0.1, 0.15) is 0 Å². The number of alkyl halides is 1. The summed E-state index contributed by atoms with van der Waals surface area (Å²) in [5.41, 5.74) is 0. The molecule has 0 unspecified atom stereocenters. The van der Waals surface area contributed by atoms with Crippen molar-refractivity contribution in [3.63, 3.8) is 0 Å². The van der Waals surface area contributed by atoms with Crippen molar-refractivity contribution in [3.8, 4) is 0 Å². The molecule has 2 amide bonds. The number of amides is 2. The Kier molecular flexibility index (Phi) is 19.1. The molecule has 0 aliphatic carbocycles. The van der Waals surface area contributed by atoms with E-state index in [0.717, 1.165) is 12.8 Å². The molecular formula is C17H33BrN2O5. The van der Waals surface area contributed by atoms with Crippen molar-refractivity contribution in [1.82, 2.24) is 10.6 Å². The zero-order chi connectivity index (χ0) is 18.6. The molecular weight excluding hydrogens is 392 g/mol. The second-order valence-electron chi connectivity index (χ2n) is 5.48. The highest BCUT2D eigenvalue weighted by molar-refractivity contribution is 9.09. The molecule has 0 aromatic rings. The van der Waals surface area contributed by atoms with Gasteiger partial charge in [0.2, 0.25) is 11.8 Å². The highest BCUT2D eigenvalue weighted by Crippen LogP contribution is 2.01. The molecule has 0 radical (unpaired) electrons. The average Bonchev–Trinajstić information content (AvgIpc) is 2.62. The van der Waals surface area contributed by atoms with Gasteiger partial charge in [-0.15, -0.1) is 0 Å². The topological polar surface area (TPSA) is 85.9 Å². The van der Waals surface area contributed by atoms with E-state index >= 15 is 0 Å². The Morgan fingerprint density at radius 2 is 1.28 bits per heavy atom. The summed E-state index contributed by atoms with van der Waals surface area (Å²) >= 11 is 3.07. The van der Waals surface area contributed by atoms with Crippen molar-refractivity contribution in [3.05, 3.63) is 0 Å². The molecule has 0 aliphatic heterocycles. The zero-order valence-electron chi connectivity index (χ0n) is 15.3. The molecule has 0 bridgehead atoms. The van der Waals surface area contributed by atoms with E-state index in [2.05, 4.69) is 33.5 Å². The van der Waals surface area contributed by atoms with Crippen LogP contribution in [0.1, 0.15) is 39.0 Å². The van der Waals surface area contributed by atoms with E-state index in [1.807, 2.05) is 0 Å². The van der Waals surface area contributed by atoms with Gasteiger partial charge in [-0.3, -0.25) is 9.59 Å². The minimum absolute atomic E-state index is 0.0512. The maximum Gasteiger partial charge on any atom is 0.230 e. The number of unbranched alkanes of at least 4 members (excludes halogenated alkanes) is 3. The van der Waals surface area contributed by atoms with E-state index < -0.39 is 0 Å². The van der Waals surface area contributed by atoms with Gasteiger partial charge in [0.15, 0.2) is 0 Å². The third-order valence-corrected chi connectivity index (χ3v) is 3.77. The number of rotatable bonds is 18. The average molecular weight is 425 g/mol. The van der Waals surface area contributed by atoms with E-state index in [0.29, 0.717) is 64.5 Å². The molecule has 0 heterocycles. The van der Waals surface area contributed by atoms with E-state index in [1.54, 1.807) is 0 Å². The minimum Gasteiger partial charge on any atom is -0.377 e. The number of ether oxygens (including phenoxy) is 3. The number of hydrogen-bond donors (Lipinski definition) is 2. The third-order valence-electron chi connectivity index (χ3n) is 3.26. The van der Waals surface area contributed by atoms with Crippen molar-refractivity contribution in [2.45, 2.75) is 39.0 Å². The van der Waals surface area contributed by atoms with Crippen LogP contribution in [0.2, 0.25) is 0 Å². The van der Waals surface area contributed by atoms with Crippen molar-refractivity contribution in [1.29, 1.82) is 0 Å². The first kappa shape index (κ1) is 24.3. The number of carbonyl (C=O) groups excluding carboxylic acids is 2. The maximum atomic E-state index is 11.5. The molecule has 0 spiro atoms. The minimum atomic E-state index is -0.0512. The quantitative estimate of drug-likeness (QED) is 0.258. The SMILES string of the molecule is CCCCCCC(=O)NCCOCCOCCOCCNC(=O)CBr. The fraction of sp³-hybridized carbons (Fsp3) is 0.882. The highest BCUT2D eigenvalue weighted by Gasteiger charge is 2.00. The maximum absolute atomic E-state index is 11.5. The second-order valence-corrected chi connectivity index (χ2v) is 6.04. The smallest absolute Gasteiger partial charge is 0.230 e. The molecule has 8 heteroatoms. The summed E-state index contributed by atoms with van der Waals surface area (Å²) in [7, 11) is 0. The number of hydrogen-bond acceptors (Lipinski definition) is 5. The lowest BCUT2D eigenvalue weighted by Crippen LogP contribution is -2.28. The Morgan fingerprint density at radius 1 is 0.760 bits per heavy atom. The summed E-state index contributed by atoms with van der Waals surface area (Å²) in [5.74, 6) is 0.0464. The summed E-state index contributed by atoms with van der Waals surface area (Å²) in [6, 6.07) is 0. The monoisotopic (exact) mass is 424 g/mol. The van der Waals surface area contributed by atoms with E-state index in [-0.39, 0.29) is 11.8 Å². The zero-order valence-corrected chi connectivity index (χ0v) is 16.9. The summed E-state index contributed by atoms with van der Waals surface area (Å²) < 4.78 is 16.0. The van der Waals surface area contributed by atoms with Crippen LogP contribution in [0.15, 0.2) is 0 Å². The van der Waals surface area contributed by atoms with Crippen molar-refractivity contribution < 1.29 is 23.8 Å². The first-order valence-corrected chi connectivity index (χ1v) is 10.2. The molecule has 0 atom stereocenters. The molecule has 0 aromatic heterocycles. The van der Waals surface area contributed by atoms with Gasteiger partial charge in [0.25, 0.3) is 0 Å².